The first-order valence-corrected chi connectivity index (χ1v) is 6.02. The Bertz CT molecular complexity index is 222. The third-order valence-corrected chi connectivity index (χ3v) is 2.76. The normalized spacial score (nSPS) is 17.4. The summed E-state index contributed by atoms with van der Waals surface area (Å²) in [4.78, 5) is 11.3. The van der Waals surface area contributed by atoms with Gasteiger partial charge in [-0.1, -0.05) is 0 Å². The van der Waals surface area contributed by atoms with Crippen LogP contribution >= 0.6 is 0 Å². The van der Waals surface area contributed by atoms with Gasteiger partial charge in [-0.2, -0.15) is 0 Å². The second kappa shape index (κ2) is 8.36. The number of ether oxygens (including phenoxy) is 1. The molecule has 0 unspecified atom stereocenters. The highest BCUT2D eigenvalue weighted by Gasteiger charge is 2.13. The number of amides is 1. The summed E-state index contributed by atoms with van der Waals surface area (Å²) in [7, 11) is 0. The largest absolute Gasteiger partial charge is 0.375 e. The first-order valence-electron chi connectivity index (χ1n) is 6.02. The summed E-state index contributed by atoms with van der Waals surface area (Å²) in [5.41, 5.74) is 0. The highest BCUT2D eigenvalue weighted by Crippen LogP contribution is 2.09. The molecule has 1 rings (SSSR count). The van der Waals surface area contributed by atoms with Crippen molar-refractivity contribution in [1.82, 2.24) is 10.6 Å². The number of carbonyl (C=O) groups excluding carboxylic acids is 1. The highest BCUT2D eigenvalue weighted by atomic mass is 19.3. The number of carbonyl (C=O) groups is 1. The van der Waals surface area contributed by atoms with Gasteiger partial charge in [0.2, 0.25) is 5.91 Å². The molecule has 2 N–H and O–H groups in total. The van der Waals surface area contributed by atoms with Gasteiger partial charge in [-0.25, -0.2) is 8.78 Å². The van der Waals surface area contributed by atoms with Crippen LogP contribution in [0.3, 0.4) is 0 Å². The van der Waals surface area contributed by atoms with Crippen LogP contribution in [0.1, 0.15) is 19.3 Å². The van der Waals surface area contributed by atoms with Crippen LogP contribution in [-0.4, -0.2) is 45.2 Å². The first-order chi connectivity index (χ1) is 8.18. The van der Waals surface area contributed by atoms with Crippen LogP contribution in [0.5, 0.6) is 0 Å². The maximum absolute atomic E-state index is 11.7. The third-order valence-electron chi connectivity index (χ3n) is 2.76. The summed E-state index contributed by atoms with van der Waals surface area (Å²) >= 11 is 0. The molecule has 1 amide bonds. The Labute approximate surface area is 100 Å². The quantitative estimate of drug-likeness (QED) is 0.656. The van der Waals surface area contributed by atoms with Gasteiger partial charge < -0.3 is 15.4 Å². The van der Waals surface area contributed by atoms with E-state index in [2.05, 4.69) is 15.4 Å². The maximum Gasteiger partial charge on any atom is 0.261 e. The summed E-state index contributed by atoms with van der Waals surface area (Å²) in [5.74, 6) is 0.403. The lowest BCUT2D eigenvalue weighted by Gasteiger charge is -2.22. The maximum atomic E-state index is 11.7. The van der Waals surface area contributed by atoms with Crippen molar-refractivity contribution < 1.29 is 18.3 Å². The molecule has 0 spiro atoms. The van der Waals surface area contributed by atoms with E-state index in [0.29, 0.717) is 12.5 Å². The van der Waals surface area contributed by atoms with Crippen LogP contribution in [0.4, 0.5) is 8.78 Å². The van der Waals surface area contributed by atoms with Gasteiger partial charge in [0.25, 0.3) is 6.43 Å². The fourth-order valence-corrected chi connectivity index (χ4v) is 1.77. The summed E-state index contributed by atoms with van der Waals surface area (Å²) in [6, 6.07) is 0. The highest BCUT2D eigenvalue weighted by molar-refractivity contribution is 5.75. The molecular formula is C11H20F2N2O2. The second-order valence-corrected chi connectivity index (χ2v) is 4.21. The van der Waals surface area contributed by atoms with Crippen molar-refractivity contribution in [2.75, 3.05) is 32.8 Å². The van der Waals surface area contributed by atoms with Crippen molar-refractivity contribution in [3.8, 4) is 0 Å². The summed E-state index contributed by atoms with van der Waals surface area (Å²) in [6.07, 6.45) is -0.171. The Hall–Kier alpha value is -0.750. The van der Waals surface area contributed by atoms with Crippen molar-refractivity contribution in [2.45, 2.75) is 25.7 Å². The molecule has 1 fully saturated rings. The number of hydrogen-bond donors (Lipinski definition) is 2. The molecule has 1 saturated heterocycles. The first kappa shape index (κ1) is 14.3. The molecule has 0 radical (unpaired) electrons. The standard InChI is InChI=1S/C11H20F2N2O2/c12-10(13)8-17-6-3-11(16)15-7-9-1-4-14-5-2-9/h9-10,14H,1-8H2,(H,15,16). The Morgan fingerprint density at radius 1 is 1.41 bits per heavy atom. The zero-order valence-electron chi connectivity index (χ0n) is 9.88. The number of alkyl halides is 2. The van der Waals surface area contributed by atoms with Crippen LogP contribution in [0.15, 0.2) is 0 Å². The van der Waals surface area contributed by atoms with E-state index in [1.165, 1.54) is 0 Å². The Kier molecular flexibility index (Phi) is 7.04. The molecule has 17 heavy (non-hydrogen) atoms. The molecule has 1 aliphatic heterocycles. The minimum Gasteiger partial charge on any atom is -0.375 e. The summed E-state index contributed by atoms with van der Waals surface area (Å²) in [6.45, 7) is 2.13. The fourth-order valence-electron chi connectivity index (χ4n) is 1.77. The molecule has 1 aliphatic rings. The molecular weight excluding hydrogens is 230 g/mol. The SMILES string of the molecule is O=C(CCOCC(F)F)NCC1CCNCC1. The molecule has 0 aromatic heterocycles. The van der Waals surface area contributed by atoms with E-state index in [1.54, 1.807) is 0 Å². The number of halogens is 2. The lowest BCUT2D eigenvalue weighted by atomic mass is 9.98. The Balaban J connectivity index is 1.96. The molecule has 0 atom stereocenters. The lowest BCUT2D eigenvalue weighted by Crippen LogP contribution is -2.36. The van der Waals surface area contributed by atoms with E-state index >= 15 is 0 Å². The van der Waals surface area contributed by atoms with Gasteiger partial charge in [0.15, 0.2) is 0 Å². The Morgan fingerprint density at radius 2 is 2.12 bits per heavy atom. The molecule has 0 aromatic rings. The second-order valence-electron chi connectivity index (χ2n) is 4.21. The van der Waals surface area contributed by atoms with Crippen molar-refractivity contribution in [1.29, 1.82) is 0 Å². The van der Waals surface area contributed by atoms with Crippen LogP contribution in [-0.2, 0) is 9.53 Å². The van der Waals surface area contributed by atoms with Crippen LogP contribution in [0.25, 0.3) is 0 Å². The van der Waals surface area contributed by atoms with Crippen molar-refractivity contribution in [2.24, 2.45) is 5.92 Å². The van der Waals surface area contributed by atoms with E-state index < -0.39 is 13.0 Å². The molecule has 100 valence electrons. The van der Waals surface area contributed by atoms with Gasteiger partial charge >= 0.3 is 0 Å². The summed E-state index contributed by atoms with van der Waals surface area (Å²) < 4.78 is 28.1. The summed E-state index contributed by atoms with van der Waals surface area (Å²) in [5, 5.41) is 6.06. The number of piperidine rings is 1. The Morgan fingerprint density at radius 3 is 2.76 bits per heavy atom. The average Bonchev–Trinajstić information content (AvgIpc) is 2.33. The van der Waals surface area contributed by atoms with Crippen LogP contribution in [0.2, 0.25) is 0 Å². The van der Waals surface area contributed by atoms with E-state index in [9.17, 15) is 13.6 Å². The zero-order chi connectivity index (χ0) is 12.5. The molecule has 1 heterocycles. The fraction of sp³-hybridized carbons (Fsp3) is 0.909. The monoisotopic (exact) mass is 250 g/mol. The van der Waals surface area contributed by atoms with Crippen LogP contribution < -0.4 is 10.6 Å². The van der Waals surface area contributed by atoms with Gasteiger partial charge in [-0.05, 0) is 31.8 Å². The predicted molar refractivity (Wildman–Crippen MR) is 60.0 cm³/mol. The molecule has 0 saturated carbocycles. The predicted octanol–water partition coefficient (Wildman–Crippen LogP) is 0.774. The smallest absolute Gasteiger partial charge is 0.261 e. The van der Waals surface area contributed by atoms with Crippen molar-refractivity contribution >= 4 is 5.91 Å². The topological polar surface area (TPSA) is 50.4 Å². The van der Waals surface area contributed by atoms with Crippen LogP contribution in [0, 0.1) is 5.92 Å². The molecule has 0 aromatic carbocycles. The van der Waals surface area contributed by atoms with E-state index in [-0.39, 0.29) is 18.9 Å². The third kappa shape index (κ3) is 7.23. The van der Waals surface area contributed by atoms with Gasteiger partial charge in [0.1, 0.15) is 6.61 Å². The number of nitrogens with one attached hydrogen (secondary N) is 2. The van der Waals surface area contributed by atoms with E-state index in [1.807, 2.05) is 0 Å². The van der Waals surface area contributed by atoms with Crippen molar-refractivity contribution in [3.05, 3.63) is 0 Å². The molecule has 0 bridgehead atoms. The van der Waals surface area contributed by atoms with Gasteiger partial charge in [0.05, 0.1) is 6.61 Å². The van der Waals surface area contributed by atoms with Gasteiger partial charge in [0, 0.05) is 13.0 Å². The zero-order valence-corrected chi connectivity index (χ0v) is 9.88. The van der Waals surface area contributed by atoms with Crippen molar-refractivity contribution in [3.63, 3.8) is 0 Å². The van der Waals surface area contributed by atoms with Gasteiger partial charge in [-0.3, -0.25) is 4.79 Å². The van der Waals surface area contributed by atoms with E-state index in [0.717, 1.165) is 25.9 Å². The minimum absolute atomic E-state index is 0.0579. The van der Waals surface area contributed by atoms with Gasteiger partial charge in [-0.15, -0.1) is 0 Å². The average molecular weight is 250 g/mol. The number of hydrogen-bond acceptors (Lipinski definition) is 3. The molecule has 6 heteroatoms. The van der Waals surface area contributed by atoms with E-state index in [4.69, 9.17) is 0 Å². The molecule has 0 aliphatic carbocycles. The lowest BCUT2D eigenvalue weighted by molar-refractivity contribution is -0.122. The molecule has 4 nitrogen and oxygen atoms in total. The minimum atomic E-state index is -2.46. The number of rotatable bonds is 7.